The zero-order valence-electron chi connectivity index (χ0n) is 19.9. The van der Waals surface area contributed by atoms with E-state index in [2.05, 4.69) is 16.9 Å². The predicted molar refractivity (Wildman–Crippen MR) is 137 cm³/mol. The standard InChI is InChI=1S/C28H24FN3O4S/c1-2-12-30-27(33)23-17-37-25(31-23)16-36-21-10-7-18-11-13-32(28(34)24-4-3-14-35-24)26(22(18)15-21)19-5-8-20(29)9-6-19/h2-10,14-15,17,26H,1,11-13,16H2,(H,30,33)/t26-/m1/s1. The van der Waals surface area contributed by atoms with Crippen LogP contribution in [0.2, 0.25) is 0 Å². The molecule has 3 heterocycles. The van der Waals surface area contributed by atoms with Crippen molar-refractivity contribution in [1.29, 1.82) is 0 Å². The van der Waals surface area contributed by atoms with E-state index in [1.165, 1.54) is 29.7 Å². The Morgan fingerprint density at radius 3 is 2.84 bits per heavy atom. The molecule has 1 atom stereocenters. The molecule has 0 spiro atoms. The first kappa shape index (κ1) is 24.5. The van der Waals surface area contributed by atoms with Gasteiger partial charge in [0.25, 0.3) is 11.8 Å². The van der Waals surface area contributed by atoms with Gasteiger partial charge in [-0.05, 0) is 59.5 Å². The molecule has 5 rings (SSSR count). The Hall–Kier alpha value is -4.24. The molecule has 2 aromatic heterocycles. The van der Waals surface area contributed by atoms with Crippen molar-refractivity contribution < 1.29 is 23.1 Å². The normalized spacial score (nSPS) is 14.6. The first-order valence-corrected chi connectivity index (χ1v) is 12.6. The van der Waals surface area contributed by atoms with Crippen LogP contribution in [0, 0.1) is 5.82 Å². The molecule has 4 aromatic rings. The molecular formula is C28H24FN3O4S. The maximum atomic E-state index is 13.7. The van der Waals surface area contributed by atoms with Crippen molar-refractivity contribution in [3.05, 3.63) is 118 Å². The predicted octanol–water partition coefficient (Wildman–Crippen LogP) is 5.16. The summed E-state index contributed by atoms with van der Waals surface area (Å²) in [5.41, 5.74) is 3.10. The van der Waals surface area contributed by atoms with Crippen molar-refractivity contribution in [1.82, 2.24) is 15.2 Å². The number of thiazole rings is 1. The smallest absolute Gasteiger partial charge is 0.290 e. The van der Waals surface area contributed by atoms with Gasteiger partial charge in [-0.3, -0.25) is 9.59 Å². The molecule has 188 valence electrons. The van der Waals surface area contributed by atoms with Crippen LogP contribution in [0.4, 0.5) is 4.39 Å². The number of nitrogens with one attached hydrogen (secondary N) is 1. The first-order valence-electron chi connectivity index (χ1n) is 11.7. The second-order valence-corrected chi connectivity index (χ2v) is 9.40. The van der Waals surface area contributed by atoms with Gasteiger partial charge in [-0.1, -0.05) is 24.3 Å². The van der Waals surface area contributed by atoms with E-state index >= 15 is 0 Å². The van der Waals surface area contributed by atoms with E-state index in [9.17, 15) is 14.0 Å². The minimum absolute atomic E-state index is 0.189. The number of aromatic nitrogens is 1. The molecule has 7 nitrogen and oxygen atoms in total. The second-order valence-electron chi connectivity index (χ2n) is 8.45. The van der Waals surface area contributed by atoms with Crippen LogP contribution in [0.25, 0.3) is 0 Å². The van der Waals surface area contributed by atoms with Gasteiger partial charge in [0.15, 0.2) is 5.76 Å². The Morgan fingerprint density at radius 1 is 1.24 bits per heavy atom. The summed E-state index contributed by atoms with van der Waals surface area (Å²) >= 11 is 1.34. The average molecular weight is 518 g/mol. The van der Waals surface area contributed by atoms with Crippen LogP contribution in [0.3, 0.4) is 0 Å². The van der Waals surface area contributed by atoms with E-state index in [0.29, 0.717) is 36.0 Å². The largest absolute Gasteiger partial charge is 0.486 e. The Kier molecular flexibility index (Phi) is 7.14. The van der Waals surface area contributed by atoms with Gasteiger partial charge in [-0.15, -0.1) is 17.9 Å². The van der Waals surface area contributed by atoms with Crippen molar-refractivity contribution in [3.8, 4) is 5.75 Å². The molecule has 0 saturated carbocycles. The number of carbonyl (C=O) groups is 2. The van der Waals surface area contributed by atoms with Crippen LogP contribution < -0.4 is 10.1 Å². The Labute approximate surface area is 217 Å². The summed E-state index contributed by atoms with van der Waals surface area (Å²) in [5.74, 6) is 0.00781. The Balaban J connectivity index is 1.40. The molecule has 1 aliphatic rings. The molecule has 2 amide bonds. The van der Waals surface area contributed by atoms with Crippen LogP contribution in [0.5, 0.6) is 5.75 Å². The molecule has 0 saturated heterocycles. The average Bonchev–Trinajstić information content (AvgIpc) is 3.63. The summed E-state index contributed by atoms with van der Waals surface area (Å²) in [5, 5.41) is 5.05. The maximum Gasteiger partial charge on any atom is 0.290 e. The second kappa shape index (κ2) is 10.8. The Bertz CT molecular complexity index is 1420. The monoisotopic (exact) mass is 517 g/mol. The highest BCUT2D eigenvalue weighted by molar-refractivity contribution is 7.09. The highest BCUT2D eigenvalue weighted by Gasteiger charge is 2.34. The van der Waals surface area contributed by atoms with Crippen LogP contribution in [0.1, 0.15) is 48.8 Å². The van der Waals surface area contributed by atoms with Gasteiger partial charge in [0, 0.05) is 18.5 Å². The number of fused-ring (bicyclic) bond motifs is 1. The van der Waals surface area contributed by atoms with Gasteiger partial charge in [0.1, 0.15) is 28.9 Å². The third-order valence-corrected chi connectivity index (χ3v) is 6.90. The first-order chi connectivity index (χ1) is 18.0. The molecule has 0 aliphatic carbocycles. The minimum atomic E-state index is -0.439. The van der Waals surface area contributed by atoms with Crippen LogP contribution in [-0.4, -0.2) is 34.8 Å². The summed E-state index contributed by atoms with van der Waals surface area (Å²) in [7, 11) is 0. The van der Waals surface area contributed by atoms with Gasteiger partial charge in [-0.25, -0.2) is 9.37 Å². The quantitative estimate of drug-likeness (QED) is 0.327. The molecule has 0 bridgehead atoms. The van der Waals surface area contributed by atoms with Gasteiger partial charge < -0.3 is 19.4 Å². The number of nitrogens with zero attached hydrogens (tertiary/aromatic N) is 2. The fourth-order valence-electron chi connectivity index (χ4n) is 4.33. The number of hydrogen-bond acceptors (Lipinski definition) is 6. The summed E-state index contributed by atoms with van der Waals surface area (Å²) in [6.07, 6.45) is 3.74. The van der Waals surface area contributed by atoms with Crippen molar-refractivity contribution in [2.45, 2.75) is 19.1 Å². The highest BCUT2D eigenvalue weighted by Crippen LogP contribution is 2.38. The highest BCUT2D eigenvalue weighted by atomic mass is 32.1. The molecular weight excluding hydrogens is 493 g/mol. The zero-order chi connectivity index (χ0) is 25.8. The molecule has 1 aliphatic heterocycles. The fraction of sp³-hybridized carbons (Fsp3) is 0.179. The lowest BCUT2D eigenvalue weighted by Crippen LogP contribution is -2.40. The van der Waals surface area contributed by atoms with Gasteiger partial charge in [0.05, 0.1) is 12.3 Å². The lowest BCUT2D eigenvalue weighted by atomic mass is 9.87. The van der Waals surface area contributed by atoms with Gasteiger partial charge in [-0.2, -0.15) is 0 Å². The van der Waals surface area contributed by atoms with E-state index in [4.69, 9.17) is 9.15 Å². The minimum Gasteiger partial charge on any atom is -0.486 e. The summed E-state index contributed by atoms with van der Waals surface area (Å²) in [6.45, 7) is 4.63. The fourth-order valence-corrected chi connectivity index (χ4v) is 5.02. The van der Waals surface area contributed by atoms with Crippen molar-refractivity contribution >= 4 is 23.2 Å². The van der Waals surface area contributed by atoms with E-state index in [1.54, 1.807) is 40.6 Å². The van der Waals surface area contributed by atoms with Gasteiger partial charge in [0.2, 0.25) is 0 Å². The number of ether oxygens (including phenoxy) is 1. The third kappa shape index (κ3) is 5.31. The number of amides is 2. The van der Waals surface area contributed by atoms with Crippen LogP contribution >= 0.6 is 11.3 Å². The molecule has 2 aromatic carbocycles. The third-order valence-electron chi connectivity index (χ3n) is 6.08. The van der Waals surface area contributed by atoms with Crippen molar-refractivity contribution in [2.75, 3.05) is 13.1 Å². The number of benzene rings is 2. The van der Waals surface area contributed by atoms with Crippen LogP contribution in [0.15, 0.2) is 83.3 Å². The van der Waals surface area contributed by atoms with E-state index in [-0.39, 0.29) is 30.0 Å². The van der Waals surface area contributed by atoms with Crippen LogP contribution in [-0.2, 0) is 13.0 Å². The lowest BCUT2D eigenvalue weighted by Gasteiger charge is -2.37. The molecule has 0 radical (unpaired) electrons. The van der Waals surface area contributed by atoms with E-state index in [1.807, 2.05) is 18.2 Å². The van der Waals surface area contributed by atoms with Crippen molar-refractivity contribution in [2.24, 2.45) is 0 Å². The number of furan rings is 1. The van der Waals surface area contributed by atoms with E-state index < -0.39 is 6.04 Å². The molecule has 1 N–H and O–H groups in total. The summed E-state index contributed by atoms with van der Waals surface area (Å²) in [4.78, 5) is 31.5. The molecule has 0 fully saturated rings. The number of hydrogen-bond donors (Lipinski definition) is 1. The number of halogens is 1. The zero-order valence-corrected chi connectivity index (χ0v) is 20.7. The lowest BCUT2D eigenvalue weighted by molar-refractivity contribution is 0.0661. The molecule has 9 heteroatoms. The van der Waals surface area contributed by atoms with Crippen molar-refractivity contribution in [3.63, 3.8) is 0 Å². The molecule has 0 unspecified atom stereocenters. The summed E-state index contributed by atoms with van der Waals surface area (Å²) < 4.78 is 25.1. The van der Waals surface area contributed by atoms with Gasteiger partial charge >= 0.3 is 0 Å². The maximum absolute atomic E-state index is 13.7. The molecule has 37 heavy (non-hydrogen) atoms. The SMILES string of the molecule is C=CCNC(=O)c1csc(COc2ccc3c(c2)[C@@H](c2ccc(F)cc2)N(C(=O)c2ccco2)CC3)n1. The number of carbonyl (C=O) groups excluding carboxylic acids is 2. The number of rotatable bonds is 8. The summed E-state index contributed by atoms with van der Waals surface area (Å²) in [6, 6.07) is 14.8. The Morgan fingerprint density at radius 2 is 2.08 bits per heavy atom. The topological polar surface area (TPSA) is 84.7 Å². The van der Waals surface area contributed by atoms with E-state index in [0.717, 1.165) is 16.7 Å².